The van der Waals surface area contributed by atoms with Crippen LogP contribution in [-0.4, -0.2) is 66.8 Å². The van der Waals surface area contributed by atoms with Crippen LogP contribution in [0.4, 0.5) is 0 Å². The van der Waals surface area contributed by atoms with Gasteiger partial charge >= 0.3 is 0 Å². The van der Waals surface area contributed by atoms with Crippen LogP contribution in [0.1, 0.15) is 71.6 Å². The van der Waals surface area contributed by atoms with E-state index in [0.29, 0.717) is 25.2 Å². The van der Waals surface area contributed by atoms with Crippen molar-refractivity contribution in [2.24, 2.45) is 5.92 Å². The van der Waals surface area contributed by atoms with Crippen LogP contribution in [0, 0.1) is 5.92 Å². The summed E-state index contributed by atoms with van der Waals surface area (Å²) in [7, 11) is -3.10. The first-order valence-electron chi connectivity index (χ1n) is 10.8. The second-order valence-electron chi connectivity index (χ2n) is 9.31. The molecule has 0 radical (unpaired) electrons. The summed E-state index contributed by atoms with van der Waals surface area (Å²) in [6.45, 7) is 6.97. The third-order valence-electron chi connectivity index (χ3n) is 7.30. The van der Waals surface area contributed by atoms with Crippen LogP contribution in [0.25, 0.3) is 0 Å². The van der Waals surface area contributed by atoms with Crippen LogP contribution in [0.3, 0.4) is 0 Å². The molecule has 2 saturated carbocycles. The van der Waals surface area contributed by atoms with Crippen LogP contribution in [0.5, 0.6) is 0 Å². The highest BCUT2D eigenvalue weighted by Gasteiger charge is 2.56. The highest BCUT2D eigenvalue weighted by Crippen LogP contribution is 2.48. The Morgan fingerprint density at radius 2 is 1.69 bits per heavy atom. The average Bonchev–Trinajstić information content (AvgIpc) is 3.46. The van der Waals surface area contributed by atoms with E-state index >= 15 is 0 Å². The highest BCUT2D eigenvalue weighted by molar-refractivity contribution is 7.89. The summed E-state index contributed by atoms with van der Waals surface area (Å²) < 4.78 is 33.0. The van der Waals surface area contributed by atoms with E-state index in [1.165, 1.54) is 44.9 Å². The quantitative estimate of drug-likeness (QED) is 0.706. The van der Waals surface area contributed by atoms with Gasteiger partial charge in [-0.3, -0.25) is 4.90 Å². The molecule has 6 heteroatoms. The number of hydrogen-bond donors (Lipinski definition) is 0. The van der Waals surface area contributed by atoms with Crippen LogP contribution in [0.15, 0.2) is 0 Å². The zero-order chi connectivity index (χ0) is 18.4. The molecule has 150 valence electrons. The Balaban J connectivity index is 1.38. The minimum Gasteiger partial charge on any atom is -0.375 e. The van der Waals surface area contributed by atoms with E-state index in [9.17, 15) is 8.42 Å². The van der Waals surface area contributed by atoms with Gasteiger partial charge in [0.2, 0.25) is 10.0 Å². The maximum atomic E-state index is 12.4. The lowest BCUT2D eigenvalue weighted by Crippen LogP contribution is -2.75. The molecule has 4 aliphatic rings. The zero-order valence-corrected chi connectivity index (χ0v) is 17.3. The van der Waals surface area contributed by atoms with Gasteiger partial charge in [-0.1, -0.05) is 19.3 Å². The van der Waals surface area contributed by atoms with E-state index in [1.807, 2.05) is 0 Å². The molecule has 1 atom stereocenters. The van der Waals surface area contributed by atoms with E-state index in [-0.39, 0.29) is 10.8 Å². The van der Waals surface area contributed by atoms with E-state index in [2.05, 4.69) is 4.90 Å². The average molecular weight is 385 g/mol. The van der Waals surface area contributed by atoms with Crippen molar-refractivity contribution in [2.75, 3.05) is 26.2 Å². The molecule has 1 spiro atoms. The normalized spacial score (nSPS) is 31.4. The Bertz CT molecular complexity index is 588. The number of likely N-dealkylation sites (tertiary alicyclic amines) is 1. The highest BCUT2D eigenvalue weighted by atomic mass is 32.2. The molecule has 2 aliphatic heterocycles. The second kappa shape index (κ2) is 7.34. The van der Waals surface area contributed by atoms with E-state index in [4.69, 9.17) is 4.74 Å². The Kier molecular flexibility index (Phi) is 5.41. The van der Waals surface area contributed by atoms with Gasteiger partial charge in [0.25, 0.3) is 0 Å². The minimum absolute atomic E-state index is 0.261. The third-order valence-corrected chi connectivity index (χ3v) is 9.58. The van der Waals surface area contributed by atoms with Gasteiger partial charge in [-0.15, -0.1) is 0 Å². The van der Waals surface area contributed by atoms with Crippen LogP contribution in [-0.2, 0) is 14.8 Å². The molecule has 0 aromatic heterocycles. The smallest absolute Gasteiger partial charge is 0.216 e. The van der Waals surface area contributed by atoms with Crippen molar-refractivity contribution in [1.82, 2.24) is 9.21 Å². The predicted molar refractivity (Wildman–Crippen MR) is 104 cm³/mol. The van der Waals surface area contributed by atoms with Gasteiger partial charge in [-0.05, 0) is 58.3 Å². The van der Waals surface area contributed by atoms with Gasteiger partial charge in [-0.25, -0.2) is 12.7 Å². The third kappa shape index (κ3) is 3.47. The summed E-state index contributed by atoms with van der Waals surface area (Å²) in [6, 6.07) is 0.535. The molecule has 2 aliphatic carbocycles. The van der Waals surface area contributed by atoms with Crippen molar-refractivity contribution < 1.29 is 13.2 Å². The molecule has 26 heavy (non-hydrogen) atoms. The van der Waals surface area contributed by atoms with E-state index in [1.54, 1.807) is 18.2 Å². The number of sulfonamides is 1. The number of rotatable bonds is 6. The maximum absolute atomic E-state index is 12.4. The molecule has 0 bridgehead atoms. The summed E-state index contributed by atoms with van der Waals surface area (Å²) in [4.78, 5) is 2.73. The number of nitrogens with zero attached hydrogens (tertiary/aromatic N) is 2. The molecule has 2 saturated heterocycles. The molecule has 2 heterocycles. The molecule has 0 amide bonds. The van der Waals surface area contributed by atoms with Gasteiger partial charge in [0.15, 0.2) is 0 Å². The van der Waals surface area contributed by atoms with Crippen LogP contribution < -0.4 is 0 Å². The van der Waals surface area contributed by atoms with Gasteiger partial charge in [-0.2, -0.15) is 0 Å². The summed E-state index contributed by atoms with van der Waals surface area (Å²) in [6.07, 6.45) is 11.6. The lowest BCUT2D eigenvalue weighted by Gasteiger charge is -2.63. The first-order valence-corrected chi connectivity index (χ1v) is 12.3. The Morgan fingerprint density at radius 1 is 1.04 bits per heavy atom. The molecular formula is C20H36N2O3S. The zero-order valence-electron chi connectivity index (χ0n) is 16.5. The summed E-state index contributed by atoms with van der Waals surface area (Å²) in [5.74, 6) is 0.828. The van der Waals surface area contributed by atoms with Crippen molar-refractivity contribution in [2.45, 2.75) is 94.6 Å². The van der Waals surface area contributed by atoms with Gasteiger partial charge in [0.05, 0.1) is 11.4 Å². The Morgan fingerprint density at radius 3 is 2.27 bits per heavy atom. The van der Waals surface area contributed by atoms with Crippen molar-refractivity contribution in [3.63, 3.8) is 0 Å². The van der Waals surface area contributed by atoms with Crippen molar-refractivity contribution in [3.8, 4) is 0 Å². The van der Waals surface area contributed by atoms with Gasteiger partial charge < -0.3 is 4.74 Å². The van der Waals surface area contributed by atoms with E-state index < -0.39 is 10.0 Å². The molecule has 0 aromatic rings. The molecule has 4 rings (SSSR count). The van der Waals surface area contributed by atoms with Crippen molar-refractivity contribution >= 4 is 10.0 Å². The number of ether oxygens (including phenoxy) is 1. The monoisotopic (exact) mass is 384 g/mol. The second-order valence-corrected chi connectivity index (χ2v) is 11.8. The molecule has 4 fully saturated rings. The fraction of sp³-hybridized carbons (Fsp3) is 1.00. The molecule has 5 nitrogen and oxygen atoms in total. The molecule has 0 aromatic carbocycles. The Hall–Kier alpha value is -0.170. The lowest BCUT2D eigenvalue weighted by molar-refractivity contribution is -0.202. The topological polar surface area (TPSA) is 49.9 Å². The largest absolute Gasteiger partial charge is 0.375 e. The molecule has 0 unspecified atom stereocenters. The molecule has 0 N–H and O–H groups in total. The standard InChI is InChI=1S/C20H36N2O3S/c1-16(2)26(23,24)21-12-8-18(9-13-21)22-14-19(25-15-17-6-7-17)20(22)10-4-3-5-11-20/h16-19H,3-15H2,1-2H3/t19-/m0/s1. The summed E-state index contributed by atoms with van der Waals surface area (Å²) in [5.41, 5.74) is 0.261. The van der Waals surface area contributed by atoms with Crippen molar-refractivity contribution in [1.29, 1.82) is 0 Å². The maximum Gasteiger partial charge on any atom is 0.216 e. The lowest BCUT2D eigenvalue weighted by atomic mass is 9.69. The number of hydrogen-bond acceptors (Lipinski definition) is 4. The molecular weight excluding hydrogens is 348 g/mol. The fourth-order valence-electron chi connectivity index (χ4n) is 5.34. The van der Waals surface area contributed by atoms with Gasteiger partial charge in [0.1, 0.15) is 0 Å². The summed E-state index contributed by atoms with van der Waals surface area (Å²) >= 11 is 0. The fourth-order valence-corrected chi connectivity index (χ4v) is 6.66. The summed E-state index contributed by atoms with van der Waals surface area (Å²) in [5, 5.41) is -0.312. The van der Waals surface area contributed by atoms with Gasteiger partial charge in [0, 0.05) is 37.8 Å². The van der Waals surface area contributed by atoms with Crippen molar-refractivity contribution in [3.05, 3.63) is 0 Å². The minimum atomic E-state index is -3.10. The van der Waals surface area contributed by atoms with Crippen LogP contribution >= 0.6 is 0 Å². The van der Waals surface area contributed by atoms with Crippen LogP contribution in [0.2, 0.25) is 0 Å². The number of piperidine rings is 1. The van der Waals surface area contributed by atoms with E-state index in [0.717, 1.165) is 31.9 Å². The predicted octanol–water partition coefficient (Wildman–Crippen LogP) is 3.00. The first-order chi connectivity index (χ1) is 12.4. The SMILES string of the molecule is CC(C)S(=O)(=O)N1CCC(N2C[C@H](OCC3CC3)C23CCCCC3)CC1. The Labute approximate surface area is 159 Å². The first kappa shape index (κ1) is 19.2.